The van der Waals surface area contributed by atoms with E-state index in [1.54, 1.807) is 7.11 Å². The van der Waals surface area contributed by atoms with Crippen LogP contribution in [0, 0.1) is 0 Å². The first-order valence-corrected chi connectivity index (χ1v) is 4.74. The molecule has 1 saturated heterocycles. The third-order valence-electron chi connectivity index (χ3n) is 2.25. The Hall–Kier alpha value is -1.29. The van der Waals surface area contributed by atoms with Crippen LogP contribution >= 0.6 is 0 Å². The molecular formula is C10H14N2O2. The van der Waals surface area contributed by atoms with E-state index in [0.717, 1.165) is 32.1 Å². The van der Waals surface area contributed by atoms with Crippen LogP contribution in [0.3, 0.4) is 0 Å². The van der Waals surface area contributed by atoms with Crippen molar-refractivity contribution in [1.82, 2.24) is 4.98 Å². The predicted octanol–water partition coefficient (Wildman–Crippen LogP) is 0.927. The molecule has 76 valence electrons. The van der Waals surface area contributed by atoms with E-state index in [4.69, 9.17) is 9.47 Å². The number of nitrogens with zero attached hydrogens (tertiary/aromatic N) is 2. The number of ether oxygens (including phenoxy) is 2. The van der Waals surface area contributed by atoms with Crippen molar-refractivity contribution in [2.24, 2.45) is 0 Å². The zero-order valence-corrected chi connectivity index (χ0v) is 8.27. The first-order chi connectivity index (χ1) is 6.90. The summed E-state index contributed by atoms with van der Waals surface area (Å²) in [6.07, 6.45) is 0. The Balaban J connectivity index is 2.13. The lowest BCUT2D eigenvalue weighted by Gasteiger charge is -2.27. The summed E-state index contributed by atoms with van der Waals surface area (Å²) >= 11 is 0. The molecule has 0 amide bonds. The number of aromatic nitrogens is 1. The molecule has 4 heteroatoms. The Morgan fingerprint density at radius 3 is 2.86 bits per heavy atom. The van der Waals surface area contributed by atoms with Gasteiger partial charge in [0.15, 0.2) is 0 Å². The van der Waals surface area contributed by atoms with Gasteiger partial charge in [0, 0.05) is 19.2 Å². The van der Waals surface area contributed by atoms with E-state index < -0.39 is 0 Å². The van der Waals surface area contributed by atoms with Crippen molar-refractivity contribution >= 4 is 5.82 Å². The minimum atomic E-state index is 0.661. The van der Waals surface area contributed by atoms with Gasteiger partial charge in [-0.25, -0.2) is 0 Å². The molecule has 0 N–H and O–H groups in total. The third kappa shape index (κ3) is 1.96. The molecule has 0 unspecified atom stereocenters. The third-order valence-corrected chi connectivity index (χ3v) is 2.25. The molecule has 0 saturated carbocycles. The van der Waals surface area contributed by atoms with Gasteiger partial charge >= 0.3 is 0 Å². The number of rotatable bonds is 2. The molecule has 0 aromatic carbocycles. The number of hydrogen-bond donors (Lipinski definition) is 0. The second-order valence-corrected chi connectivity index (χ2v) is 3.14. The monoisotopic (exact) mass is 194 g/mol. The first-order valence-electron chi connectivity index (χ1n) is 4.74. The zero-order chi connectivity index (χ0) is 9.80. The van der Waals surface area contributed by atoms with Gasteiger partial charge in [-0.2, -0.15) is 4.98 Å². The lowest BCUT2D eigenvalue weighted by atomic mass is 10.3. The van der Waals surface area contributed by atoms with Gasteiger partial charge in [0.1, 0.15) is 5.82 Å². The smallest absolute Gasteiger partial charge is 0.214 e. The summed E-state index contributed by atoms with van der Waals surface area (Å²) in [6.45, 7) is 3.36. The van der Waals surface area contributed by atoms with E-state index in [1.165, 1.54) is 0 Å². The van der Waals surface area contributed by atoms with Crippen LogP contribution in [0.4, 0.5) is 5.82 Å². The summed E-state index contributed by atoms with van der Waals surface area (Å²) in [5, 5.41) is 0. The van der Waals surface area contributed by atoms with Gasteiger partial charge in [0.05, 0.1) is 20.3 Å². The lowest BCUT2D eigenvalue weighted by Crippen LogP contribution is -2.36. The van der Waals surface area contributed by atoms with Gasteiger partial charge in [-0.3, -0.25) is 0 Å². The molecule has 2 heterocycles. The van der Waals surface area contributed by atoms with Crippen molar-refractivity contribution in [2.45, 2.75) is 0 Å². The molecule has 0 radical (unpaired) electrons. The highest BCUT2D eigenvalue weighted by Crippen LogP contribution is 2.16. The molecule has 14 heavy (non-hydrogen) atoms. The van der Waals surface area contributed by atoms with Crippen molar-refractivity contribution in [3.8, 4) is 5.88 Å². The van der Waals surface area contributed by atoms with Crippen LogP contribution in [-0.2, 0) is 4.74 Å². The Morgan fingerprint density at radius 1 is 1.36 bits per heavy atom. The van der Waals surface area contributed by atoms with Crippen molar-refractivity contribution in [3.05, 3.63) is 18.2 Å². The number of anilines is 1. The molecule has 1 fully saturated rings. The minimum Gasteiger partial charge on any atom is -0.481 e. The Morgan fingerprint density at radius 2 is 2.14 bits per heavy atom. The van der Waals surface area contributed by atoms with E-state index >= 15 is 0 Å². The van der Waals surface area contributed by atoms with Crippen molar-refractivity contribution in [2.75, 3.05) is 38.3 Å². The van der Waals surface area contributed by atoms with Crippen LogP contribution in [0.1, 0.15) is 0 Å². The highest BCUT2D eigenvalue weighted by atomic mass is 16.5. The number of morpholine rings is 1. The minimum absolute atomic E-state index is 0.661. The van der Waals surface area contributed by atoms with E-state index in [9.17, 15) is 0 Å². The van der Waals surface area contributed by atoms with Gasteiger partial charge in [-0.1, -0.05) is 6.07 Å². The van der Waals surface area contributed by atoms with Crippen LogP contribution in [0.5, 0.6) is 5.88 Å². The highest BCUT2D eigenvalue weighted by Gasteiger charge is 2.12. The second kappa shape index (κ2) is 4.28. The summed E-state index contributed by atoms with van der Waals surface area (Å²) in [4.78, 5) is 6.56. The fraction of sp³-hybridized carbons (Fsp3) is 0.500. The maximum Gasteiger partial charge on any atom is 0.214 e. The molecule has 1 aliphatic heterocycles. The standard InChI is InChI=1S/C10H14N2O2/c1-13-10-4-2-3-9(11-10)12-5-7-14-8-6-12/h2-4H,5-8H2,1H3. The highest BCUT2D eigenvalue weighted by molar-refractivity contribution is 5.40. The van der Waals surface area contributed by atoms with Gasteiger partial charge < -0.3 is 14.4 Å². The van der Waals surface area contributed by atoms with Crippen molar-refractivity contribution in [3.63, 3.8) is 0 Å². The van der Waals surface area contributed by atoms with Crippen LogP contribution in [0.15, 0.2) is 18.2 Å². The SMILES string of the molecule is COc1cccc(N2CCOCC2)n1. The Bertz CT molecular complexity index is 298. The summed E-state index contributed by atoms with van der Waals surface area (Å²) < 4.78 is 10.4. The molecule has 1 aliphatic rings. The summed E-state index contributed by atoms with van der Waals surface area (Å²) in [5.41, 5.74) is 0. The molecule has 1 aromatic heterocycles. The quantitative estimate of drug-likeness (QED) is 0.701. The number of pyridine rings is 1. The van der Waals surface area contributed by atoms with E-state index in [-0.39, 0.29) is 0 Å². The lowest BCUT2D eigenvalue weighted by molar-refractivity contribution is 0.122. The molecule has 0 spiro atoms. The van der Waals surface area contributed by atoms with Crippen LogP contribution in [-0.4, -0.2) is 38.4 Å². The largest absolute Gasteiger partial charge is 0.481 e. The van der Waals surface area contributed by atoms with Crippen molar-refractivity contribution in [1.29, 1.82) is 0 Å². The maximum atomic E-state index is 5.28. The average molecular weight is 194 g/mol. The number of methoxy groups -OCH3 is 1. The first kappa shape index (κ1) is 9.27. The van der Waals surface area contributed by atoms with E-state index in [0.29, 0.717) is 5.88 Å². The fourth-order valence-electron chi connectivity index (χ4n) is 1.49. The number of hydrogen-bond acceptors (Lipinski definition) is 4. The summed E-state index contributed by atoms with van der Waals surface area (Å²) in [7, 11) is 1.63. The zero-order valence-electron chi connectivity index (χ0n) is 8.27. The molecule has 2 rings (SSSR count). The Kier molecular flexibility index (Phi) is 2.84. The Labute approximate surface area is 83.5 Å². The topological polar surface area (TPSA) is 34.6 Å². The summed E-state index contributed by atoms with van der Waals surface area (Å²) in [6, 6.07) is 5.80. The maximum absolute atomic E-state index is 5.28. The molecule has 0 aliphatic carbocycles. The summed E-state index contributed by atoms with van der Waals surface area (Å²) in [5.74, 6) is 1.63. The predicted molar refractivity (Wildman–Crippen MR) is 53.8 cm³/mol. The van der Waals surface area contributed by atoms with E-state index in [2.05, 4.69) is 9.88 Å². The fourth-order valence-corrected chi connectivity index (χ4v) is 1.49. The molecule has 1 aromatic rings. The molecule has 0 atom stereocenters. The second-order valence-electron chi connectivity index (χ2n) is 3.14. The van der Waals surface area contributed by atoms with Gasteiger partial charge in [0.25, 0.3) is 0 Å². The van der Waals surface area contributed by atoms with Crippen LogP contribution in [0.25, 0.3) is 0 Å². The average Bonchev–Trinajstić information content (AvgIpc) is 2.30. The van der Waals surface area contributed by atoms with Crippen molar-refractivity contribution < 1.29 is 9.47 Å². The van der Waals surface area contributed by atoms with Crippen LogP contribution in [0.2, 0.25) is 0 Å². The van der Waals surface area contributed by atoms with Gasteiger partial charge in [-0.05, 0) is 6.07 Å². The molecule has 4 nitrogen and oxygen atoms in total. The van der Waals surface area contributed by atoms with Gasteiger partial charge in [-0.15, -0.1) is 0 Å². The van der Waals surface area contributed by atoms with E-state index in [1.807, 2.05) is 18.2 Å². The van der Waals surface area contributed by atoms with Crippen LogP contribution < -0.4 is 9.64 Å². The molecular weight excluding hydrogens is 180 g/mol. The normalized spacial score (nSPS) is 16.8. The molecule has 0 bridgehead atoms. The van der Waals surface area contributed by atoms with Gasteiger partial charge in [0.2, 0.25) is 5.88 Å².